The number of benzene rings is 3. The second kappa shape index (κ2) is 10.8. The number of carbonyl (C=O) groups excluding carboxylic acids is 1. The summed E-state index contributed by atoms with van der Waals surface area (Å²) >= 11 is 0. The molecule has 3 aromatic carbocycles. The molecule has 0 aliphatic rings. The van der Waals surface area contributed by atoms with Crippen LogP contribution in [0.3, 0.4) is 0 Å². The van der Waals surface area contributed by atoms with Gasteiger partial charge in [0.05, 0.1) is 13.0 Å². The van der Waals surface area contributed by atoms with Crippen molar-refractivity contribution in [2.45, 2.75) is 13.3 Å². The largest absolute Gasteiger partial charge is 0.493 e. The topological polar surface area (TPSA) is 95.6 Å². The zero-order chi connectivity index (χ0) is 27.5. The van der Waals surface area contributed by atoms with Crippen LogP contribution in [0.4, 0.5) is 14.5 Å². The third kappa shape index (κ3) is 5.49. The number of nitrogens with one attached hydrogen (secondary N) is 1. The van der Waals surface area contributed by atoms with Crippen LogP contribution in [0.5, 0.6) is 17.2 Å². The van der Waals surface area contributed by atoms with Crippen molar-refractivity contribution < 1.29 is 27.6 Å². The Morgan fingerprint density at radius 1 is 1.00 bits per heavy atom. The fraction of sp³-hybridized carbons (Fsp3) is 0.138. The van der Waals surface area contributed by atoms with Crippen molar-refractivity contribution in [3.8, 4) is 28.4 Å². The summed E-state index contributed by atoms with van der Waals surface area (Å²) in [6.07, 6.45) is 1.53. The summed E-state index contributed by atoms with van der Waals surface area (Å²) < 4.78 is 46.1. The van der Waals surface area contributed by atoms with E-state index in [1.54, 1.807) is 44.4 Å². The van der Waals surface area contributed by atoms with E-state index in [0.717, 1.165) is 17.5 Å². The van der Waals surface area contributed by atoms with Crippen LogP contribution >= 0.6 is 0 Å². The summed E-state index contributed by atoms with van der Waals surface area (Å²) in [5, 5.41) is 7.57. The first-order chi connectivity index (χ1) is 18.8. The zero-order valence-corrected chi connectivity index (χ0v) is 21.0. The smallest absolute Gasteiger partial charge is 0.254 e. The molecule has 1 N–H and O–H groups in total. The normalized spacial score (nSPS) is 11.0. The lowest BCUT2D eigenvalue weighted by Crippen LogP contribution is -2.16. The maximum atomic E-state index is 14.4. The second-order valence-electron chi connectivity index (χ2n) is 8.67. The summed E-state index contributed by atoms with van der Waals surface area (Å²) in [6.45, 7) is 2.06. The van der Waals surface area contributed by atoms with Crippen molar-refractivity contribution >= 4 is 22.6 Å². The molecule has 198 valence electrons. The number of aromatic nitrogens is 2. The van der Waals surface area contributed by atoms with E-state index in [0.29, 0.717) is 28.1 Å². The number of carbonyl (C=O) groups is 1. The maximum absolute atomic E-state index is 14.4. The number of ether oxygens (including phenoxy) is 2. The highest BCUT2D eigenvalue weighted by Crippen LogP contribution is 2.40. The molecule has 0 bridgehead atoms. The number of para-hydroxylation sites is 1. The van der Waals surface area contributed by atoms with Gasteiger partial charge >= 0.3 is 0 Å². The summed E-state index contributed by atoms with van der Waals surface area (Å²) in [6, 6.07) is 16.3. The molecule has 10 heteroatoms. The molecule has 0 saturated heterocycles. The van der Waals surface area contributed by atoms with E-state index in [-0.39, 0.29) is 41.7 Å². The Labute approximate surface area is 221 Å². The van der Waals surface area contributed by atoms with Crippen LogP contribution in [0.15, 0.2) is 82.2 Å². The van der Waals surface area contributed by atoms with Gasteiger partial charge in [0.15, 0.2) is 17.1 Å². The molecule has 0 spiro atoms. The Bertz CT molecular complexity index is 1750. The van der Waals surface area contributed by atoms with Gasteiger partial charge in [-0.1, -0.05) is 17.3 Å². The van der Waals surface area contributed by atoms with Crippen LogP contribution in [0.25, 0.3) is 22.1 Å². The van der Waals surface area contributed by atoms with E-state index in [9.17, 15) is 18.4 Å². The highest BCUT2D eigenvalue weighted by atomic mass is 19.1. The van der Waals surface area contributed by atoms with Crippen molar-refractivity contribution in [3.05, 3.63) is 101 Å². The van der Waals surface area contributed by atoms with Gasteiger partial charge in [-0.2, -0.15) is 0 Å². The lowest BCUT2D eigenvalue weighted by atomic mass is 10.0. The van der Waals surface area contributed by atoms with Crippen LogP contribution in [0, 0.1) is 11.6 Å². The van der Waals surface area contributed by atoms with Gasteiger partial charge in [0.25, 0.3) is 5.56 Å². The van der Waals surface area contributed by atoms with E-state index < -0.39 is 11.6 Å². The van der Waals surface area contributed by atoms with Crippen molar-refractivity contribution in [2.24, 2.45) is 7.05 Å². The Kier molecular flexibility index (Phi) is 7.09. The fourth-order valence-corrected chi connectivity index (χ4v) is 4.10. The molecule has 39 heavy (non-hydrogen) atoms. The van der Waals surface area contributed by atoms with Gasteiger partial charge in [0.2, 0.25) is 5.91 Å². The van der Waals surface area contributed by atoms with Crippen LogP contribution in [-0.4, -0.2) is 22.2 Å². The first-order valence-electron chi connectivity index (χ1n) is 12.1. The Hall–Kier alpha value is -4.99. The predicted octanol–water partition coefficient (Wildman–Crippen LogP) is 5.84. The maximum Gasteiger partial charge on any atom is 0.254 e. The number of nitrogens with zero attached hydrogens (tertiary/aromatic N) is 2. The van der Waals surface area contributed by atoms with Gasteiger partial charge in [-0.3, -0.25) is 9.59 Å². The van der Waals surface area contributed by atoms with Gasteiger partial charge in [0, 0.05) is 47.6 Å². The third-order valence-electron chi connectivity index (χ3n) is 5.94. The highest BCUT2D eigenvalue weighted by molar-refractivity contribution is 5.95. The molecule has 0 fully saturated rings. The summed E-state index contributed by atoms with van der Waals surface area (Å²) in [5.41, 5.74) is 2.06. The lowest BCUT2D eigenvalue weighted by Gasteiger charge is -2.17. The molecule has 2 heterocycles. The van der Waals surface area contributed by atoms with Crippen molar-refractivity contribution in [1.82, 2.24) is 9.72 Å². The molecular weight excluding hydrogens is 508 g/mol. The first kappa shape index (κ1) is 25.7. The molecule has 8 nitrogen and oxygen atoms in total. The second-order valence-corrected chi connectivity index (χ2v) is 8.67. The molecule has 5 aromatic rings. The van der Waals surface area contributed by atoms with Crippen LogP contribution in [0.2, 0.25) is 0 Å². The molecule has 1 amide bonds. The number of rotatable bonds is 8. The van der Waals surface area contributed by atoms with Crippen LogP contribution < -0.4 is 20.3 Å². The Morgan fingerprint density at radius 3 is 2.59 bits per heavy atom. The molecule has 5 rings (SSSR count). The number of pyridine rings is 1. The van der Waals surface area contributed by atoms with Crippen molar-refractivity contribution in [3.63, 3.8) is 0 Å². The molecule has 2 aromatic heterocycles. The van der Waals surface area contributed by atoms with Crippen molar-refractivity contribution in [2.75, 3.05) is 11.9 Å². The van der Waals surface area contributed by atoms with E-state index in [1.807, 2.05) is 18.2 Å². The third-order valence-corrected chi connectivity index (χ3v) is 5.94. The minimum Gasteiger partial charge on any atom is -0.493 e. The van der Waals surface area contributed by atoms with E-state index in [1.165, 1.54) is 16.7 Å². The molecule has 0 saturated carbocycles. The zero-order valence-electron chi connectivity index (χ0n) is 21.0. The minimum absolute atomic E-state index is 0.0323. The average Bonchev–Trinajstić information content (AvgIpc) is 3.31. The van der Waals surface area contributed by atoms with Gasteiger partial charge in [-0.15, -0.1) is 0 Å². The van der Waals surface area contributed by atoms with E-state index >= 15 is 0 Å². The number of amides is 1. The monoisotopic (exact) mass is 531 g/mol. The Morgan fingerprint density at radius 2 is 1.79 bits per heavy atom. The molecule has 0 aliphatic carbocycles. The highest BCUT2D eigenvalue weighted by Gasteiger charge is 2.19. The summed E-state index contributed by atoms with van der Waals surface area (Å²) in [4.78, 5) is 25.2. The van der Waals surface area contributed by atoms with Crippen molar-refractivity contribution in [1.29, 1.82) is 0 Å². The summed E-state index contributed by atoms with van der Waals surface area (Å²) in [5.74, 6) is -1.69. The van der Waals surface area contributed by atoms with Gasteiger partial charge < -0.3 is 23.9 Å². The number of aryl methyl sites for hydroxylation is 1. The molecule has 0 radical (unpaired) electrons. The Balaban J connectivity index is 1.52. The SMILES string of the molecule is CCOc1cc(=O)n(C)cc1-c1cc(NC(=O)Cc2noc3ccccc23)ccc1Oc1ccc(F)cc1F. The van der Waals surface area contributed by atoms with Crippen LogP contribution in [0.1, 0.15) is 12.6 Å². The number of hydrogen-bond acceptors (Lipinski definition) is 6. The molecule has 0 unspecified atom stereocenters. The predicted molar refractivity (Wildman–Crippen MR) is 141 cm³/mol. The first-order valence-corrected chi connectivity index (χ1v) is 12.1. The van der Waals surface area contributed by atoms with Gasteiger partial charge in [0.1, 0.15) is 23.0 Å². The number of anilines is 1. The van der Waals surface area contributed by atoms with Crippen LogP contribution in [-0.2, 0) is 18.3 Å². The average molecular weight is 532 g/mol. The molecular formula is C29H23F2N3O5. The quantitative estimate of drug-likeness (QED) is 0.270. The summed E-state index contributed by atoms with van der Waals surface area (Å²) in [7, 11) is 1.58. The number of fused-ring (bicyclic) bond motifs is 1. The molecule has 0 atom stereocenters. The van der Waals surface area contributed by atoms with Gasteiger partial charge in [-0.05, 0) is 49.4 Å². The number of halogens is 2. The minimum atomic E-state index is -0.885. The lowest BCUT2D eigenvalue weighted by molar-refractivity contribution is -0.115. The van der Waals surface area contributed by atoms with Gasteiger partial charge in [-0.25, -0.2) is 8.78 Å². The molecule has 0 aliphatic heterocycles. The fourth-order valence-electron chi connectivity index (χ4n) is 4.10. The standard InChI is InChI=1S/C29H23F2N3O5/c1-3-37-27-15-29(36)34(2)16-21(27)20-13-18(9-11-24(20)38-26-10-8-17(30)12-22(26)31)32-28(35)14-23-19-6-4-5-7-25(19)39-33-23/h4-13,15-16H,3,14H2,1-2H3,(H,32,35). The number of hydrogen-bond donors (Lipinski definition) is 1. The van der Waals surface area contributed by atoms with E-state index in [2.05, 4.69) is 10.5 Å². The van der Waals surface area contributed by atoms with E-state index in [4.69, 9.17) is 14.0 Å².